The first-order valence-corrected chi connectivity index (χ1v) is 7.94. The van der Waals surface area contributed by atoms with Crippen molar-refractivity contribution in [2.24, 2.45) is 5.92 Å². The summed E-state index contributed by atoms with van der Waals surface area (Å²) >= 11 is 5.75. The maximum atomic E-state index is 12.6. The minimum absolute atomic E-state index is 0.0471. The Balaban J connectivity index is 2.32. The van der Waals surface area contributed by atoms with Crippen molar-refractivity contribution in [3.8, 4) is 0 Å². The van der Waals surface area contributed by atoms with Crippen LogP contribution in [0.2, 0.25) is 5.22 Å². The number of carboxylic acids is 1. The van der Waals surface area contributed by atoms with E-state index >= 15 is 0 Å². The molecule has 1 N–H and O–H groups in total. The molecule has 8 heteroatoms. The SMILES string of the molecule is CC1(C)CC(CC(=O)O)CN1S(=O)(=O)c1ccoc1Cl. The molecule has 0 saturated carbocycles. The van der Waals surface area contributed by atoms with Gasteiger partial charge in [-0.2, -0.15) is 4.31 Å². The van der Waals surface area contributed by atoms with Crippen LogP contribution in [0.25, 0.3) is 0 Å². The lowest BCUT2D eigenvalue weighted by Gasteiger charge is -2.29. The van der Waals surface area contributed by atoms with E-state index in [2.05, 4.69) is 0 Å². The van der Waals surface area contributed by atoms with E-state index in [-0.39, 0.29) is 29.0 Å². The van der Waals surface area contributed by atoms with Gasteiger partial charge in [0, 0.05) is 18.5 Å². The lowest BCUT2D eigenvalue weighted by atomic mass is 9.95. The summed E-state index contributed by atoms with van der Waals surface area (Å²) in [5, 5.41) is 8.68. The number of carbonyl (C=O) groups is 1. The van der Waals surface area contributed by atoms with Crippen LogP contribution in [0.5, 0.6) is 0 Å². The number of sulfonamides is 1. The first-order chi connectivity index (χ1) is 9.14. The van der Waals surface area contributed by atoms with Gasteiger partial charge in [0.15, 0.2) is 0 Å². The molecule has 6 nitrogen and oxygen atoms in total. The molecule has 2 heterocycles. The molecule has 1 unspecified atom stereocenters. The molecule has 1 aromatic heterocycles. The zero-order chi connectivity index (χ0) is 15.1. The quantitative estimate of drug-likeness (QED) is 0.918. The third-order valence-corrected chi connectivity index (χ3v) is 6.01. The molecule has 20 heavy (non-hydrogen) atoms. The first kappa shape index (κ1) is 15.3. The third kappa shape index (κ3) is 2.70. The van der Waals surface area contributed by atoms with Crippen molar-refractivity contribution in [1.29, 1.82) is 0 Å². The van der Waals surface area contributed by atoms with E-state index in [4.69, 9.17) is 21.1 Å². The van der Waals surface area contributed by atoms with Gasteiger partial charge in [-0.3, -0.25) is 4.79 Å². The minimum Gasteiger partial charge on any atom is -0.481 e. The molecule has 1 fully saturated rings. The van der Waals surface area contributed by atoms with E-state index in [1.165, 1.54) is 16.6 Å². The standard InChI is InChI=1S/C12H16ClNO5S/c1-12(2)6-8(5-10(15)16)7-14(12)20(17,18)9-3-4-19-11(9)13/h3-4,8H,5-7H2,1-2H3,(H,15,16). The Morgan fingerprint density at radius 2 is 2.25 bits per heavy atom. The van der Waals surface area contributed by atoms with Crippen molar-refractivity contribution in [3.05, 3.63) is 17.5 Å². The number of rotatable bonds is 4. The Kier molecular flexibility index (Phi) is 3.88. The summed E-state index contributed by atoms with van der Waals surface area (Å²) in [5.74, 6) is -1.13. The number of hydrogen-bond acceptors (Lipinski definition) is 4. The van der Waals surface area contributed by atoms with E-state index in [1.54, 1.807) is 13.8 Å². The largest absolute Gasteiger partial charge is 0.481 e. The maximum Gasteiger partial charge on any atom is 0.303 e. The molecule has 112 valence electrons. The second kappa shape index (κ2) is 5.05. The Morgan fingerprint density at radius 1 is 1.60 bits per heavy atom. The zero-order valence-corrected chi connectivity index (χ0v) is 12.7. The molecule has 0 bridgehead atoms. The molecule has 0 spiro atoms. The minimum atomic E-state index is -3.79. The highest BCUT2D eigenvalue weighted by molar-refractivity contribution is 7.89. The molecule has 1 atom stereocenters. The van der Waals surface area contributed by atoms with Gasteiger partial charge in [0.05, 0.1) is 6.26 Å². The number of nitrogens with zero attached hydrogens (tertiary/aromatic N) is 1. The summed E-state index contributed by atoms with van der Waals surface area (Å²) in [6.07, 6.45) is 1.66. The summed E-state index contributed by atoms with van der Waals surface area (Å²) in [6, 6.07) is 1.30. The fourth-order valence-electron chi connectivity index (χ4n) is 2.75. The Hall–Kier alpha value is -1.05. The van der Waals surface area contributed by atoms with Gasteiger partial charge in [0.25, 0.3) is 0 Å². The molecular formula is C12H16ClNO5S. The highest BCUT2D eigenvalue weighted by atomic mass is 35.5. The van der Waals surface area contributed by atoms with Crippen molar-refractivity contribution < 1.29 is 22.7 Å². The molecule has 1 aliphatic heterocycles. The Bertz CT molecular complexity index is 622. The Labute approximate surface area is 122 Å². The number of furan rings is 1. The van der Waals surface area contributed by atoms with E-state index in [0.29, 0.717) is 6.42 Å². The van der Waals surface area contributed by atoms with E-state index in [1.807, 2.05) is 0 Å². The van der Waals surface area contributed by atoms with Crippen LogP contribution in [-0.4, -0.2) is 35.9 Å². The van der Waals surface area contributed by atoms with Gasteiger partial charge < -0.3 is 9.52 Å². The maximum absolute atomic E-state index is 12.6. The van der Waals surface area contributed by atoms with Gasteiger partial charge in [0.1, 0.15) is 4.90 Å². The summed E-state index contributed by atoms with van der Waals surface area (Å²) in [7, 11) is -3.79. The van der Waals surface area contributed by atoms with Crippen molar-refractivity contribution in [1.82, 2.24) is 4.31 Å². The topological polar surface area (TPSA) is 87.8 Å². The van der Waals surface area contributed by atoms with Gasteiger partial charge >= 0.3 is 5.97 Å². The van der Waals surface area contributed by atoms with Crippen LogP contribution in [0.1, 0.15) is 26.7 Å². The fourth-order valence-corrected chi connectivity index (χ4v) is 5.00. The monoisotopic (exact) mass is 321 g/mol. The van der Waals surface area contributed by atoms with E-state index in [9.17, 15) is 13.2 Å². The third-order valence-electron chi connectivity index (χ3n) is 3.50. The number of aliphatic carboxylic acids is 1. The van der Waals surface area contributed by atoms with Crippen molar-refractivity contribution in [2.75, 3.05) is 6.54 Å². The second-order valence-corrected chi connectivity index (χ2v) is 7.75. The van der Waals surface area contributed by atoms with Crippen LogP contribution in [-0.2, 0) is 14.8 Å². The summed E-state index contributed by atoms with van der Waals surface area (Å²) in [4.78, 5) is 10.7. The van der Waals surface area contributed by atoms with Crippen LogP contribution >= 0.6 is 11.6 Å². The van der Waals surface area contributed by atoms with Gasteiger partial charge in [0.2, 0.25) is 15.2 Å². The van der Waals surface area contributed by atoms with Crippen LogP contribution in [0.3, 0.4) is 0 Å². The molecule has 0 amide bonds. The number of carboxylic acid groups (broad SMARTS) is 1. The molecule has 1 aromatic rings. The number of halogens is 1. The van der Waals surface area contributed by atoms with Crippen molar-refractivity contribution in [2.45, 2.75) is 37.1 Å². The number of hydrogen-bond donors (Lipinski definition) is 1. The molecule has 0 radical (unpaired) electrons. The molecular weight excluding hydrogens is 306 g/mol. The van der Waals surface area contributed by atoms with Crippen LogP contribution in [0.15, 0.2) is 21.6 Å². The van der Waals surface area contributed by atoms with Crippen LogP contribution in [0, 0.1) is 5.92 Å². The highest BCUT2D eigenvalue weighted by Gasteiger charge is 2.46. The lowest BCUT2D eigenvalue weighted by molar-refractivity contribution is -0.138. The lowest BCUT2D eigenvalue weighted by Crippen LogP contribution is -2.42. The smallest absolute Gasteiger partial charge is 0.303 e. The van der Waals surface area contributed by atoms with Gasteiger partial charge in [-0.1, -0.05) is 0 Å². The second-order valence-electron chi connectivity index (χ2n) is 5.58. The summed E-state index contributed by atoms with van der Waals surface area (Å²) in [5.41, 5.74) is -0.653. The predicted octanol–water partition coefficient (Wildman–Crippen LogP) is 2.20. The van der Waals surface area contributed by atoms with Crippen LogP contribution < -0.4 is 0 Å². The average molecular weight is 322 g/mol. The van der Waals surface area contributed by atoms with E-state index in [0.717, 1.165) is 0 Å². The van der Waals surface area contributed by atoms with E-state index < -0.39 is 21.5 Å². The molecule has 0 aliphatic carbocycles. The molecule has 1 saturated heterocycles. The normalized spacial score (nSPS) is 23.1. The van der Waals surface area contributed by atoms with Crippen molar-refractivity contribution >= 4 is 27.6 Å². The Morgan fingerprint density at radius 3 is 2.75 bits per heavy atom. The van der Waals surface area contributed by atoms with Gasteiger partial charge in [-0.25, -0.2) is 8.42 Å². The fraction of sp³-hybridized carbons (Fsp3) is 0.583. The molecule has 2 rings (SSSR count). The van der Waals surface area contributed by atoms with Crippen molar-refractivity contribution in [3.63, 3.8) is 0 Å². The first-order valence-electron chi connectivity index (χ1n) is 6.12. The molecule has 1 aliphatic rings. The highest BCUT2D eigenvalue weighted by Crippen LogP contribution is 2.39. The zero-order valence-electron chi connectivity index (χ0n) is 11.2. The molecule has 0 aromatic carbocycles. The average Bonchev–Trinajstić information content (AvgIpc) is 2.81. The van der Waals surface area contributed by atoms with Crippen LogP contribution in [0.4, 0.5) is 0 Å². The van der Waals surface area contributed by atoms with Gasteiger partial charge in [-0.15, -0.1) is 0 Å². The predicted molar refractivity (Wildman–Crippen MR) is 72.0 cm³/mol. The summed E-state index contributed by atoms with van der Waals surface area (Å²) in [6.45, 7) is 3.73. The summed E-state index contributed by atoms with van der Waals surface area (Å²) < 4.78 is 31.3. The van der Waals surface area contributed by atoms with Gasteiger partial charge in [-0.05, 0) is 43.9 Å².